The minimum atomic E-state index is -0.538. The van der Waals surface area contributed by atoms with Gasteiger partial charge in [-0.15, -0.1) is 0 Å². The summed E-state index contributed by atoms with van der Waals surface area (Å²) in [5.41, 5.74) is -0.538. The highest BCUT2D eigenvalue weighted by atomic mass is 16.3. The largest absolute Gasteiger partial charge is 0.388 e. The lowest BCUT2D eigenvalue weighted by Gasteiger charge is -2.22. The third kappa shape index (κ3) is 1.78. The van der Waals surface area contributed by atoms with Crippen molar-refractivity contribution >= 4 is 5.91 Å². The molecule has 1 heterocycles. The highest BCUT2D eigenvalue weighted by Crippen LogP contribution is 2.44. The summed E-state index contributed by atoms with van der Waals surface area (Å²) >= 11 is 0. The summed E-state index contributed by atoms with van der Waals surface area (Å²) in [4.78, 5) is 13.4. The van der Waals surface area contributed by atoms with Crippen LogP contribution in [-0.4, -0.2) is 34.6 Å². The van der Waals surface area contributed by atoms with Crippen LogP contribution >= 0.6 is 0 Å². The van der Waals surface area contributed by atoms with Crippen molar-refractivity contribution in [1.29, 1.82) is 0 Å². The van der Waals surface area contributed by atoms with Gasteiger partial charge >= 0.3 is 0 Å². The number of β-amino-alcohol motifs (C(OH)–C–C–N with tert-alkyl or cyclic N) is 1. The fraction of sp³-hybridized carbons (Fsp3) is 0.909. The first-order valence-corrected chi connectivity index (χ1v) is 5.66. The number of carbonyl (C=O) groups is 1. The van der Waals surface area contributed by atoms with E-state index in [1.165, 1.54) is 0 Å². The normalized spacial score (nSPS) is 32.3. The molecule has 80 valence electrons. The molecule has 1 N–H and O–H groups in total. The second kappa shape index (κ2) is 3.54. The smallest absolute Gasteiger partial charge is 0.222 e. The van der Waals surface area contributed by atoms with E-state index in [2.05, 4.69) is 0 Å². The van der Waals surface area contributed by atoms with E-state index < -0.39 is 5.60 Å². The Kier molecular flexibility index (Phi) is 2.52. The molecular weight excluding hydrogens is 178 g/mol. The van der Waals surface area contributed by atoms with Crippen LogP contribution in [-0.2, 0) is 4.79 Å². The van der Waals surface area contributed by atoms with Crippen LogP contribution < -0.4 is 0 Å². The van der Waals surface area contributed by atoms with Gasteiger partial charge in [0.2, 0.25) is 5.91 Å². The van der Waals surface area contributed by atoms with Crippen molar-refractivity contribution in [3.05, 3.63) is 0 Å². The van der Waals surface area contributed by atoms with Crippen molar-refractivity contribution in [2.45, 2.75) is 44.6 Å². The molecule has 0 aromatic heterocycles. The lowest BCUT2D eigenvalue weighted by Crippen LogP contribution is -2.37. The summed E-state index contributed by atoms with van der Waals surface area (Å²) in [5, 5.41) is 10.2. The van der Waals surface area contributed by atoms with Crippen molar-refractivity contribution in [3.63, 3.8) is 0 Å². The van der Waals surface area contributed by atoms with E-state index in [4.69, 9.17) is 0 Å². The number of carbonyl (C=O) groups excluding carboxylic acids is 1. The van der Waals surface area contributed by atoms with Crippen LogP contribution in [0, 0.1) is 5.92 Å². The van der Waals surface area contributed by atoms with Gasteiger partial charge in [0.15, 0.2) is 0 Å². The quantitative estimate of drug-likeness (QED) is 0.737. The first-order valence-electron chi connectivity index (χ1n) is 5.66. The zero-order valence-electron chi connectivity index (χ0n) is 8.83. The number of aliphatic hydroxyl groups is 1. The van der Waals surface area contributed by atoms with Gasteiger partial charge in [0.1, 0.15) is 0 Å². The minimum Gasteiger partial charge on any atom is -0.388 e. The van der Waals surface area contributed by atoms with Crippen LogP contribution in [0.25, 0.3) is 0 Å². The SMILES string of the molecule is CCCC(=O)N1CCC(O)(C2CC2)C1. The molecule has 2 rings (SSSR count). The average molecular weight is 197 g/mol. The third-order valence-corrected chi connectivity index (χ3v) is 3.43. The third-order valence-electron chi connectivity index (χ3n) is 3.43. The van der Waals surface area contributed by atoms with Crippen LogP contribution in [0.15, 0.2) is 0 Å². The molecule has 1 unspecified atom stereocenters. The zero-order valence-corrected chi connectivity index (χ0v) is 8.83. The number of nitrogens with zero attached hydrogens (tertiary/aromatic N) is 1. The molecule has 0 radical (unpaired) electrons. The van der Waals surface area contributed by atoms with E-state index in [0.717, 1.165) is 32.2 Å². The van der Waals surface area contributed by atoms with Crippen molar-refractivity contribution in [3.8, 4) is 0 Å². The summed E-state index contributed by atoms with van der Waals surface area (Å²) in [5.74, 6) is 0.686. The predicted octanol–water partition coefficient (Wildman–Crippen LogP) is 1.16. The van der Waals surface area contributed by atoms with Crippen LogP contribution in [0.5, 0.6) is 0 Å². The van der Waals surface area contributed by atoms with E-state index in [-0.39, 0.29) is 5.91 Å². The van der Waals surface area contributed by atoms with Gasteiger partial charge < -0.3 is 10.0 Å². The van der Waals surface area contributed by atoms with Crippen LogP contribution in [0.4, 0.5) is 0 Å². The Bertz CT molecular complexity index is 237. The Hall–Kier alpha value is -0.570. The van der Waals surface area contributed by atoms with Crippen molar-refractivity contribution in [2.75, 3.05) is 13.1 Å². The summed E-state index contributed by atoms with van der Waals surface area (Å²) in [6.07, 6.45) is 4.60. The Balaban J connectivity index is 1.90. The summed E-state index contributed by atoms with van der Waals surface area (Å²) < 4.78 is 0. The molecule has 0 aromatic carbocycles. The number of likely N-dealkylation sites (tertiary alicyclic amines) is 1. The Labute approximate surface area is 85.1 Å². The molecule has 2 aliphatic rings. The van der Waals surface area contributed by atoms with Crippen molar-refractivity contribution < 1.29 is 9.90 Å². The van der Waals surface area contributed by atoms with E-state index in [9.17, 15) is 9.90 Å². The standard InChI is InChI=1S/C11H19NO2/c1-2-3-10(13)12-7-6-11(14,8-12)9-4-5-9/h9,14H,2-8H2,1H3. The molecule has 1 amide bonds. The Morgan fingerprint density at radius 1 is 1.57 bits per heavy atom. The summed E-state index contributed by atoms with van der Waals surface area (Å²) in [7, 11) is 0. The van der Waals surface area contributed by atoms with E-state index in [1.54, 1.807) is 0 Å². The zero-order chi connectivity index (χ0) is 10.2. The number of hydrogen-bond donors (Lipinski definition) is 1. The lowest BCUT2D eigenvalue weighted by molar-refractivity contribution is -0.131. The number of rotatable bonds is 3. The molecular formula is C11H19NO2. The molecule has 0 aromatic rings. The van der Waals surface area contributed by atoms with Gasteiger partial charge in [-0.2, -0.15) is 0 Å². The molecule has 0 spiro atoms. The van der Waals surface area contributed by atoms with Gasteiger partial charge in [-0.05, 0) is 31.6 Å². The number of hydrogen-bond acceptors (Lipinski definition) is 2. The average Bonchev–Trinajstić information content (AvgIpc) is 2.92. The topological polar surface area (TPSA) is 40.5 Å². The summed E-state index contributed by atoms with van der Waals surface area (Å²) in [6.45, 7) is 3.35. The molecule has 1 saturated carbocycles. The van der Waals surface area contributed by atoms with Gasteiger partial charge in [0.05, 0.1) is 5.60 Å². The van der Waals surface area contributed by atoms with Crippen LogP contribution in [0.1, 0.15) is 39.0 Å². The van der Waals surface area contributed by atoms with E-state index in [1.807, 2.05) is 11.8 Å². The first-order chi connectivity index (χ1) is 6.65. The van der Waals surface area contributed by atoms with Gasteiger partial charge in [-0.3, -0.25) is 4.79 Å². The fourth-order valence-electron chi connectivity index (χ4n) is 2.36. The highest BCUT2D eigenvalue weighted by Gasteiger charge is 2.48. The van der Waals surface area contributed by atoms with Gasteiger partial charge in [0, 0.05) is 19.5 Å². The molecule has 14 heavy (non-hydrogen) atoms. The minimum absolute atomic E-state index is 0.212. The number of amides is 1. The maximum atomic E-state index is 11.6. The molecule has 3 heteroatoms. The van der Waals surface area contributed by atoms with E-state index in [0.29, 0.717) is 18.9 Å². The molecule has 3 nitrogen and oxygen atoms in total. The van der Waals surface area contributed by atoms with Crippen LogP contribution in [0.3, 0.4) is 0 Å². The molecule has 2 fully saturated rings. The molecule has 1 aliphatic carbocycles. The fourth-order valence-corrected chi connectivity index (χ4v) is 2.36. The second-order valence-corrected chi connectivity index (χ2v) is 4.69. The van der Waals surface area contributed by atoms with Gasteiger partial charge in [-0.25, -0.2) is 0 Å². The lowest BCUT2D eigenvalue weighted by atomic mass is 9.97. The molecule has 1 atom stereocenters. The first kappa shape index (κ1) is 9.97. The Morgan fingerprint density at radius 3 is 2.86 bits per heavy atom. The van der Waals surface area contributed by atoms with Gasteiger partial charge in [0.25, 0.3) is 0 Å². The Morgan fingerprint density at radius 2 is 2.29 bits per heavy atom. The van der Waals surface area contributed by atoms with Crippen LogP contribution in [0.2, 0.25) is 0 Å². The second-order valence-electron chi connectivity index (χ2n) is 4.69. The van der Waals surface area contributed by atoms with Crippen molar-refractivity contribution in [1.82, 2.24) is 4.90 Å². The van der Waals surface area contributed by atoms with Gasteiger partial charge in [-0.1, -0.05) is 6.92 Å². The van der Waals surface area contributed by atoms with Crippen molar-refractivity contribution in [2.24, 2.45) is 5.92 Å². The molecule has 1 aliphatic heterocycles. The maximum Gasteiger partial charge on any atom is 0.222 e. The van der Waals surface area contributed by atoms with E-state index >= 15 is 0 Å². The summed E-state index contributed by atoms with van der Waals surface area (Å²) in [6, 6.07) is 0. The highest BCUT2D eigenvalue weighted by molar-refractivity contribution is 5.76. The predicted molar refractivity (Wildman–Crippen MR) is 53.8 cm³/mol. The maximum absolute atomic E-state index is 11.6. The monoisotopic (exact) mass is 197 g/mol. The molecule has 0 bridgehead atoms. The molecule has 1 saturated heterocycles.